The predicted molar refractivity (Wildman–Crippen MR) is 87.2 cm³/mol. The molecule has 3 fully saturated rings. The standard InChI is InChI=1S/C18H21N3O/c1-20(10-2-9-19)16-5-3-14(4-6-16)13-17-18(22)15-7-11-21(17)12-8-15/h3-6,13,15H,2,7-8,10-12H2,1H3/b17-13-. The van der Waals surface area contributed by atoms with Crippen LogP contribution in [0.1, 0.15) is 24.8 Å². The van der Waals surface area contributed by atoms with E-state index in [1.165, 1.54) is 0 Å². The Balaban J connectivity index is 1.75. The zero-order chi connectivity index (χ0) is 15.5. The van der Waals surface area contributed by atoms with Gasteiger partial charge in [0.1, 0.15) is 0 Å². The van der Waals surface area contributed by atoms with Gasteiger partial charge >= 0.3 is 0 Å². The predicted octanol–water partition coefficient (Wildman–Crippen LogP) is 2.67. The fraction of sp³-hybridized carbons (Fsp3) is 0.444. The largest absolute Gasteiger partial charge is 0.374 e. The lowest BCUT2D eigenvalue weighted by Crippen LogP contribution is -2.45. The first-order valence-electron chi connectivity index (χ1n) is 7.88. The van der Waals surface area contributed by atoms with Gasteiger partial charge in [-0.15, -0.1) is 0 Å². The van der Waals surface area contributed by atoms with E-state index in [0.717, 1.165) is 49.4 Å². The molecule has 1 aromatic rings. The summed E-state index contributed by atoms with van der Waals surface area (Å²) in [4.78, 5) is 16.6. The van der Waals surface area contributed by atoms with E-state index >= 15 is 0 Å². The van der Waals surface area contributed by atoms with E-state index in [0.29, 0.717) is 12.2 Å². The van der Waals surface area contributed by atoms with Crippen LogP contribution in [0.25, 0.3) is 6.08 Å². The molecule has 0 radical (unpaired) electrons. The number of rotatable bonds is 4. The number of nitrogens with zero attached hydrogens (tertiary/aromatic N) is 3. The Kier molecular flexibility index (Phi) is 4.15. The third-order valence-electron chi connectivity index (χ3n) is 4.66. The number of piperidine rings is 3. The summed E-state index contributed by atoms with van der Waals surface area (Å²) in [5.74, 6) is 0.556. The van der Waals surface area contributed by atoms with Crippen molar-refractivity contribution in [1.82, 2.24) is 4.90 Å². The van der Waals surface area contributed by atoms with E-state index in [-0.39, 0.29) is 5.92 Å². The molecule has 0 aromatic heterocycles. The summed E-state index contributed by atoms with van der Waals surface area (Å²) < 4.78 is 0. The molecule has 0 aliphatic carbocycles. The Morgan fingerprint density at radius 3 is 2.59 bits per heavy atom. The molecule has 4 nitrogen and oxygen atoms in total. The van der Waals surface area contributed by atoms with Gasteiger partial charge in [0.25, 0.3) is 0 Å². The molecular formula is C18H21N3O. The van der Waals surface area contributed by atoms with Crippen LogP contribution in [0.4, 0.5) is 5.69 Å². The molecule has 0 amide bonds. The van der Waals surface area contributed by atoms with Gasteiger partial charge in [0, 0.05) is 38.3 Å². The molecule has 3 aliphatic rings. The highest BCUT2D eigenvalue weighted by Crippen LogP contribution is 2.32. The van der Waals surface area contributed by atoms with Crippen molar-refractivity contribution in [2.75, 3.05) is 31.6 Å². The smallest absolute Gasteiger partial charge is 0.182 e. The molecule has 3 saturated heterocycles. The first-order chi connectivity index (χ1) is 10.7. The summed E-state index contributed by atoms with van der Waals surface area (Å²) in [6.45, 7) is 2.75. The van der Waals surface area contributed by atoms with Gasteiger partial charge in [-0.05, 0) is 36.6 Å². The van der Waals surface area contributed by atoms with Crippen molar-refractivity contribution in [2.45, 2.75) is 19.3 Å². The van der Waals surface area contributed by atoms with Gasteiger partial charge in [0.15, 0.2) is 5.78 Å². The van der Waals surface area contributed by atoms with Crippen molar-refractivity contribution in [3.8, 4) is 6.07 Å². The van der Waals surface area contributed by atoms with Crippen LogP contribution in [-0.4, -0.2) is 37.4 Å². The molecular weight excluding hydrogens is 274 g/mol. The van der Waals surface area contributed by atoms with Crippen molar-refractivity contribution in [3.05, 3.63) is 35.5 Å². The number of Topliss-reactive ketones (excluding diaryl/α,β-unsaturated/α-hetero) is 1. The average Bonchev–Trinajstić information content (AvgIpc) is 2.57. The molecule has 0 N–H and O–H groups in total. The van der Waals surface area contributed by atoms with E-state index < -0.39 is 0 Å². The average molecular weight is 295 g/mol. The number of carbonyl (C=O) groups excluding carboxylic acids is 1. The van der Waals surface area contributed by atoms with Gasteiger partial charge in [0.05, 0.1) is 18.2 Å². The van der Waals surface area contributed by atoms with Crippen molar-refractivity contribution in [3.63, 3.8) is 0 Å². The minimum atomic E-state index is 0.243. The van der Waals surface area contributed by atoms with Gasteiger partial charge in [0.2, 0.25) is 0 Å². The fourth-order valence-electron chi connectivity index (χ4n) is 3.24. The Morgan fingerprint density at radius 2 is 2.00 bits per heavy atom. The fourth-order valence-corrected chi connectivity index (χ4v) is 3.24. The molecule has 0 spiro atoms. The molecule has 114 valence electrons. The Hall–Kier alpha value is -2.28. The third kappa shape index (κ3) is 2.85. The Morgan fingerprint density at radius 1 is 1.32 bits per heavy atom. The molecule has 2 bridgehead atoms. The number of hydrogen-bond acceptors (Lipinski definition) is 4. The highest BCUT2D eigenvalue weighted by atomic mass is 16.1. The zero-order valence-electron chi connectivity index (χ0n) is 13.0. The van der Waals surface area contributed by atoms with Crippen LogP contribution in [0.5, 0.6) is 0 Å². The van der Waals surface area contributed by atoms with Crippen molar-refractivity contribution < 1.29 is 4.79 Å². The number of ketones is 1. The summed E-state index contributed by atoms with van der Waals surface area (Å²) in [6, 6.07) is 10.3. The van der Waals surface area contributed by atoms with Crippen LogP contribution >= 0.6 is 0 Å². The minimum absolute atomic E-state index is 0.243. The number of allylic oxidation sites excluding steroid dienone is 1. The number of fused-ring (bicyclic) bond motifs is 3. The van der Waals surface area contributed by atoms with E-state index in [4.69, 9.17) is 5.26 Å². The molecule has 0 atom stereocenters. The van der Waals surface area contributed by atoms with Crippen LogP contribution in [0.3, 0.4) is 0 Å². The second-order valence-electron chi connectivity index (χ2n) is 6.08. The zero-order valence-corrected chi connectivity index (χ0v) is 13.0. The van der Waals surface area contributed by atoms with E-state index in [1.807, 2.05) is 37.4 Å². The molecule has 22 heavy (non-hydrogen) atoms. The Labute approximate surface area is 131 Å². The Bertz CT molecular complexity index is 619. The first-order valence-corrected chi connectivity index (χ1v) is 7.88. The maximum Gasteiger partial charge on any atom is 0.182 e. The van der Waals surface area contributed by atoms with E-state index in [1.54, 1.807) is 0 Å². The normalized spacial score (nSPS) is 19.5. The maximum atomic E-state index is 12.3. The van der Waals surface area contributed by atoms with Crippen LogP contribution in [-0.2, 0) is 4.79 Å². The minimum Gasteiger partial charge on any atom is -0.374 e. The molecule has 4 heteroatoms. The monoisotopic (exact) mass is 295 g/mol. The quantitative estimate of drug-likeness (QED) is 0.801. The highest BCUT2D eigenvalue weighted by molar-refractivity contribution is 6.01. The summed E-state index contributed by atoms with van der Waals surface area (Å²) >= 11 is 0. The van der Waals surface area contributed by atoms with Crippen LogP contribution in [0, 0.1) is 17.2 Å². The van der Waals surface area contributed by atoms with E-state index in [2.05, 4.69) is 15.9 Å². The molecule has 0 saturated carbocycles. The molecule has 3 aliphatic heterocycles. The van der Waals surface area contributed by atoms with Crippen LogP contribution in [0.2, 0.25) is 0 Å². The van der Waals surface area contributed by atoms with Gasteiger partial charge in [-0.25, -0.2) is 0 Å². The molecule has 0 unspecified atom stereocenters. The van der Waals surface area contributed by atoms with Gasteiger partial charge in [-0.1, -0.05) is 12.1 Å². The van der Waals surface area contributed by atoms with Gasteiger partial charge in [-0.3, -0.25) is 4.79 Å². The topological polar surface area (TPSA) is 47.3 Å². The number of nitriles is 1. The lowest BCUT2D eigenvalue weighted by atomic mass is 9.84. The summed E-state index contributed by atoms with van der Waals surface area (Å²) in [5, 5.41) is 8.64. The second-order valence-corrected chi connectivity index (χ2v) is 6.08. The van der Waals surface area contributed by atoms with Crippen molar-refractivity contribution in [1.29, 1.82) is 5.26 Å². The number of hydrogen-bond donors (Lipinski definition) is 0. The molecule has 4 rings (SSSR count). The lowest BCUT2D eigenvalue weighted by molar-refractivity contribution is -0.125. The first kappa shape index (κ1) is 14.6. The van der Waals surface area contributed by atoms with Crippen molar-refractivity contribution in [2.24, 2.45) is 5.92 Å². The number of anilines is 1. The summed E-state index contributed by atoms with van der Waals surface area (Å²) in [7, 11) is 1.99. The second kappa shape index (κ2) is 6.23. The van der Waals surface area contributed by atoms with Crippen molar-refractivity contribution >= 4 is 17.5 Å². The van der Waals surface area contributed by atoms with Gasteiger partial charge in [-0.2, -0.15) is 5.26 Å². The maximum absolute atomic E-state index is 12.3. The molecule has 3 heterocycles. The summed E-state index contributed by atoms with van der Waals surface area (Å²) in [5.41, 5.74) is 3.04. The van der Waals surface area contributed by atoms with Crippen LogP contribution < -0.4 is 4.90 Å². The summed E-state index contributed by atoms with van der Waals surface area (Å²) in [6.07, 6.45) is 4.57. The molecule has 1 aromatic carbocycles. The highest BCUT2D eigenvalue weighted by Gasteiger charge is 2.36. The SMILES string of the molecule is CN(CCC#N)c1ccc(/C=C2/C(=O)C3CCN2CC3)cc1. The van der Waals surface area contributed by atoms with Gasteiger partial charge < -0.3 is 9.80 Å². The van der Waals surface area contributed by atoms with E-state index in [9.17, 15) is 4.79 Å². The number of carbonyl (C=O) groups is 1. The third-order valence-corrected chi connectivity index (χ3v) is 4.66. The lowest BCUT2D eigenvalue weighted by Gasteiger charge is -2.41. The number of benzene rings is 1. The van der Waals surface area contributed by atoms with Crippen LogP contribution in [0.15, 0.2) is 30.0 Å².